The highest BCUT2D eigenvalue weighted by Crippen LogP contribution is 2.15. The summed E-state index contributed by atoms with van der Waals surface area (Å²) < 4.78 is 9.98. The minimum Gasteiger partial charge on any atom is -0.467 e. The number of ether oxygens (including phenoxy) is 2. The predicted molar refractivity (Wildman–Crippen MR) is 62.5 cm³/mol. The fourth-order valence-electron chi connectivity index (χ4n) is 1.82. The third-order valence-corrected chi connectivity index (χ3v) is 2.68. The van der Waals surface area contributed by atoms with Crippen LogP contribution < -0.4 is 14.8 Å². The van der Waals surface area contributed by atoms with Crippen LogP contribution in [0, 0.1) is 0 Å². The van der Waals surface area contributed by atoms with Gasteiger partial charge in [0.25, 0.3) is 0 Å². The maximum atomic E-state index is 4.99. The third kappa shape index (κ3) is 2.94. The van der Waals surface area contributed by atoms with Gasteiger partial charge in [-0.15, -0.1) is 4.98 Å². The van der Waals surface area contributed by atoms with Crippen LogP contribution >= 0.6 is 0 Å². The number of rotatable bonds is 4. The Labute approximate surface area is 100 Å². The van der Waals surface area contributed by atoms with E-state index in [2.05, 4.69) is 32.2 Å². The normalized spacial score (nSPS) is 20.3. The van der Waals surface area contributed by atoms with Crippen LogP contribution in [0.5, 0.6) is 12.0 Å². The number of methoxy groups -OCH3 is 2. The predicted octanol–water partition coefficient (Wildman–Crippen LogP) is 0.00480. The lowest BCUT2D eigenvalue weighted by Gasteiger charge is -2.13. The standard InChI is InChI=1S/C10H17N5O2/c1-15-5-4-7(6-15)11-8-12-9(16-2)14-10(13-8)17-3/h7H,4-6H2,1-3H3,(H,11,12,13,14). The Balaban J connectivity index is 2.09. The lowest BCUT2D eigenvalue weighted by atomic mass is 10.3. The van der Waals surface area contributed by atoms with Crippen LogP contribution in [0.4, 0.5) is 5.95 Å². The van der Waals surface area contributed by atoms with Crippen molar-refractivity contribution in [1.82, 2.24) is 19.9 Å². The van der Waals surface area contributed by atoms with Crippen molar-refractivity contribution in [2.45, 2.75) is 12.5 Å². The first kappa shape index (κ1) is 11.8. The molecule has 1 N–H and O–H groups in total. The fourth-order valence-corrected chi connectivity index (χ4v) is 1.82. The lowest BCUT2D eigenvalue weighted by molar-refractivity contribution is 0.340. The molecule has 1 aromatic rings. The van der Waals surface area contributed by atoms with Gasteiger partial charge < -0.3 is 19.7 Å². The Morgan fingerprint density at radius 1 is 1.18 bits per heavy atom. The summed E-state index contributed by atoms with van der Waals surface area (Å²) in [5, 5.41) is 3.26. The van der Waals surface area contributed by atoms with Gasteiger partial charge in [0.2, 0.25) is 5.95 Å². The molecule has 1 saturated heterocycles. The molecule has 2 heterocycles. The van der Waals surface area contributed by atoms with Gasteiger partial charge in [-0.25, -0.2) is 0 Å². The monoisotopic (exact) mass is 239 g/mol. The van der Waals surface area contributed by atoms with E-state index in [1.54, 1.807) is 0 Å². The first-order valence-corrected chi connectivity index (χ1v) is 5.50. The average Bonchev–Trinajstić information content (AvgIpc) is 2.74. The number of likely N-dealkylation sites (N-methyl/N-ethyl adjacent to an activating group) is 1. The molecule has 2 rings (SSSR count). The molecule has 1 aliphatic heterocycles. The molecular weight excluding hydrogens is 222 g/mol. The van der Waals surface area contributed by atoms with Crippen molar-refractivity contribution in [2.24, 2.45) is 0 Å². The van der Waals surface area contributed by atoms with Gasteiger partial charge in [0.1, 0.15) is 0 Å². The molecule has 1 unspecified atom stereocenters. The SMILES string of the molecule is COc1nc(NC2CCN(C)C2)nc(OC)n1. The molecule has 0 saturated carbocycles. The minimum atomic E-state index is 0.255. The highest BCUT2D eigenvalue weighted by molar-refractivity contribution is 5.29. The molecule has 0 bridgehead atoms. The van der Waals surface area contributed by atoms with E-state index in [9.17, 15) is 0 Å². The van der Waals surface area contributed by atoms with Crippen LogP contribution in [0.25, 0.3) is 0 Å². The second-order valence-electron chi connectivity index (χ2n) is 4.02. The molecule has 7 nitrogen and oxygen atoms in total. The van der Waals surface area contributed by atoms with Crippen molar-refractivity contribution < 1.29 is 9.47 Å². The molecule has 1 aromatic heterocycles. The first-order chi connectivity index (χ1) is 8.21. The van der Waals surface area contributed by atoms with Crippen LogP contribution in [0.3, 0.4) is 0 Å². The van der Waals surface area contributed by atoms with Gasteiger partial charge in [-0.2, -0.15) is 9.97 Å². The number of hydrogen-bond donors (Lipinski definition) is 1. The molecule has 0 aromatic carbocycles. The number of nitrogens with one attached hydrogen (secondary N) is 1. The number of likely N-dealkylation sites (tertiary alicyclic amines) is 1. The topological polar surface area (TPSA) is 72.4 Å². The van der Waals surface area contributed by atoms with E-state index in [-0.39, 0.29) is 12.0 Å². The molecule has 0 spiro atoms. The largest absolute Gasteiger partial charge is 0.467 e. The summed E-state index contributed by atoms with van der Waals surface area (Å²) in [4.78, 5) is 14.5. The van der Waals surface area contributed by atoms with Gasteiger partial charge in [-0.05, 0) is 20.0 Å². The van der Waals surface area contributed by atoms with Crippen LogP contribution in [0.1, 0.15) is 6.42 Å². The highest BCUT2D eigenvalue weighted by Gasteiger charge is 2.20. The molecule has 1 aliphatic rings. The zero-order chi connectivity index (χ0) is 12.3. The Bertz CT molecular complexity index is 365. The molecule has 0 aliphatic carbocycles. The molecule has 0 amide bonds. The van der Waals surface area contributed by atoms with Crippen molar-refractivity contribution in [3.05, 3.63) is 0 Å². The maximum Gasteiger partial charge on any atom is 0.324 e. The van der Waals surface area contributed by atoms with Crippen LogP contribution in [-0.2, 0) is 0 Å². The number of hydrogen-bond acceptors (Lipinski definition) is 7. The van der Waals surface area contributed by atoms with E-state index >= 15 is 0 Å². The van der Waals surface area contributed by atoms with Gasteiger partial charge in [0.05, 0.1) is 14.2 Å². The Morgan fingerprint density at radius 3 is 2.29 bits per heavy atom. The van der Waals surface area contributed by atoms with Gasteiger partial charge in [0.15, 0.2) is 0 Å². The van der Waals surface area contributed by atoms with Gasteiger partial charge in [-0.1, -0.05) is 0 Å². The zero-order valence-electron chi connectivity index (χ0n) is 10.3. The average molecular weight is 239 g/mol. The molecular formula is C10H17N5O2. The summed E-state index contributed by atoms with van der Waals surface area (Å²) in [5.41, 5.74) is 0. The Kier molecular flexibility index (Phi) is 3.58. The van der Waals surface area contributed by atoms with E-state index < -0.39 is 0 Å². The quantitative estimate of drug-likeness (QED) is 0.793. The van der Waals surface area contributed by atoms with E-state index in [0.717, 1.165) is 19.5 Å². The van der Waals surface area contributed by atoms with Gasteiger partial charge in [0, 0.05) is 12.6 Å². The third-order valence-electron chi connectivity index (χ3n) is 2.68. The second kappa shape index (κ2) is 5.13. The smallest absolute Gasteiger partial charge is 0.324 e. The first-order valence-electron chi connectivity index (χ1n) is 5.50. The van der Waals surface area contributed by atoms with Gasteiger partial charge in [-0.3, -0.25) is 0 Å². The van der Waals surface area contributed by atoms with E-state index in [4.69, 9.17) is 9.47 Å². The summed E-state index contributed by atoms with van der Waals surface area (Å²) in [6, 6.07) is 0.869. The minimum absolute atomic E-state index is 0.255. The van der Waals surface area contributed by atoms with Crippen molar-refractivity contribution in [2.75, 3.05) is 39.7 Å². The summed E-state index contributed by atoms with van der Waals surface area (Å²) in [6.07, 6.45) is 1.08. The molecule has 7 heteroatoms. The lowest BCUT2D eigenvalue weighted by Crippen LogP contribution is -2.24. The van der Waals surface area contributed by atoms with Crippen molar-refractivity contribution in [3.8, 4) is 12.0 Å². The van der Waals surface area contributed by atoms with Crippen molar-refractivity contribution in [1.29, 1.82) is 0 Å². The van der Waals surface area contributed by atoms with E-state index in [1.807, 2.05) is 0 Å². The summed E-state index contributed by atoms with van der Waals surface area (Å²) in [7, 11) is 5.13. The summed E-state index contributed by atoms with van der Waals surface area (Å²) >= 11 is 0. The highest BCUT2D eigenvalue weighted by atomic mass is 16.5. The Morgan fingerprint density at radius 2 is 1.82 bits per heavy atom. The van der Waals surface area contributed by atoms with E-state index in [0.29, 0.717) is 12.0 Å². The second-order valence-corrected chi connectivity index (χ2v) is 4.02. The molecule has 1 fully saturated rings. The molecule has 1 atom stereocenters. The zero-order valence-corrected chi connectivity index (χ0v) is 10.3. The molecule has 17 heavy (non-hydrogen) atoms. The fraction of sp³-hybridized carbons (Fsp3) is 0.700. The van der Waals surface area contributed by atoms with E-state index in [1.165, 1.54) is 14.2 Å². The van der Waals surface area contributed by atoms with Crippen molar-refractivity contribution in [3.63, 3.8) is 0 Å². The number of nitrogens with zero attached hydrogens (tertiary/aromatic N) is 4. The van der Waals surface area contributed by atoms with Gasteiger partial charge >= 0.3 is 12.0 Å². The molecule has 0 radical (unpaired) electrons. The van der Waals surface area contributed by atoms with Crippen LogP contribution in [-0.4, -0.2) is 60.3 Å². The maximum absolute atomic E-state index is 4.99. The summed E-state index contributed by atoms with van der Waals surface area (Å²) in [5.74, 6) is 0.494. The molecule has 94 valence electrons. The number of anilines is 1. The summed E-state index contributed by atoms with van der Waals surface area (Å²) in [6.45, 7) is 2.06. The Hall–Kier alpha value is -1.63. The van der Waals surface area contributed by atoms with Crippen molar-refractivity contribution >= 4 is 5.95 Å². The number of aromatic nitrogens is 3. The van der Waals surface area contributed by atoms with Crippen LogP contribution in [0.2, 0.25) is 0 Å². The van der Waals surface area contributed by atoms with Crippen LogP contribution in [0.15, 0.2) is 0 Å².